The molecule has 1 unspecified atom stereocenters. The molecule has 0 aliphatic carbocycles. The van der Waals surface area contributed by atoms with E-state index in [0.717, 1.165) is 5.16 Å². The van der Waals surface area contributed by atoms with Crippen molar-refractivity contribution in [3.63, 3.8) is 0 Å². The molecule has 112 valence electrons. The summed E-state index contributed by atoms with van der Waals surface area (Å²) in [5.74, 6) is -0.669. The molecule has 0 saturated carbocycles. The predicted octanol–water partition coefficient (Wildman–Crippen LogP) is 3.72. The highest BCUT2D eigenvalue weighted by Gasteiger charge is 2.20. The van der Waals surface area contributed by atoms with Gasteiger partial charge < -0.3 is 9.88 Å². The van der Waals surface area contributed by atoms with Gasteiger partial charge >= 0.3 is 0 Å². The lowest BCUT2D eigenvalue weighted by Crippen LogP contribution is -2.25. The topological polar surface area (TPSA) is 46.9 Å². The summed E-state index contributed by atoms with van der Waals surface area (Å²) in [6.45, 7) is 1.93. The van der Waals surface area contributed by atoms with Gasteiger partial charge in [0.15, 0.2) is 5.16 Å². The van der Waals surface area contributed by atoms with Gasteiger partial charge in [0.1, 0.15) is 5.82 Å². The second-order valence-electron chi connectivity index (χ2n) is 4.45. The van der Waals surface area contributed by atoms with Crippen LogP contribution < -0.4 is 5.32 Å². The van der Waals surface area contributed by atoms with Gasteiger partial charge in [0.05, 0.1) is 10.3 Å². The molecule has 0 fully saturated rings. The van der Waals surface area contributed by atoms with E-state index >= 15 is 0 Å². The molecule has 2 rings (SSSR count). The fourth-order valence-corrected chi connectivity index (χ4v) is 2.83. The molecule has 0 aliphatic heterocycles. The summed E-state index contributed by atoms with van der Waals surface area (Å²) in [4.78, 5) is 16.5. The summed E-state index contributed by atoms with van der Waals surface area (Å²) in [6, 6.07) is 4.11. The van der Waals surface area contributed by atoms with E-state index in [1.54, 1.807) is 6.20 Å². The minimum atomic E-state index is -0.510. The second kappa shape index (κ2) is 6.95. The maximum absolute atomic E-state index is 13.1. The van der Waals surface area contributed by atoms with E-state index in [4.69, 9.17) is 11.6 Å². The van der Waals surface area contributed by atoms with E-state index in [2.05, 4.69) is 10.3 Å². The van der Waals surface area contributed by atoms with Gasteiger partial charge in [-0.3, -0.25) is 4.79 Å². The number of carbonyl (C=O) groups is 1. The van der Waals surface area contributed by atoms with E-state index in [-0.39, 0.29) is 16.2 Å². The fourth-order valence-electron chi connectivity index (χ4n) is 1.71. The Morgan fingerprint density at radius 1 is 1.57 bits per heavy atom. The van der Waals surface area contributed by atoms with E-state index in [1.165, 1.54) is 30.0 Å². The van der Waals surface area contributed by atoms with Crippen molar-refractivity contribution < 1.29 is 9.18 Å². The monoisotopic (exact) mass is 327 g/mol. The molecule has 0 aliphatic rings. The summed E-state index contributed by atoms with van der Waals surface area (Å²) in [6.07, 6.45) is 4.16. The van der Waals surface area contributed by atoms with Crippen LogP contribution in [0.3, 0.4) is 0 Å². The van der Waals surface area contributed by atoms with Gasteiger partial charge in [0, 0.05) is 25.1 Å². The SMILES string of the molecule is CCC(Sc1nccn1C)C(=O)Nc1ccc(F)c(Cl)c1. The largest absolute Gasteiger partial charge is 0.329 e. The van der Waals surface area contributed by atoms with Crippen LogP contribution >= 0.6 is 23.4 Å². The third-order valence-electron chi connectivity index (χ3n) is 2.88. The Bertz CT molecular complexity index is 647. The quantitative estimate of drug-likeness (QED) is 0.851. The molecule has 21 heavy (non-hydrogen) atoms. The Labute approximate surface area is 131 Å². The maximum atomic E-state index is 13.1. The number of benzene rings is 1. The first-order valence-corrected chi connectivity index (χ1v) is 7.67. The zero-order chi connectivity index (χ0) is 15.4. The summed E-state index contributed by atoms with van der Waals surface area (Å²) in [5.41, 5.74) is 0.477. The van der Waals surface area contributed by atoms with Crippen LogP contribution in [0.25, 0.3) is 0 Å². The number of imidazole rings is 1. The minimum Gasteiger partial charge on any atom is -0.329 e. The van der Waals surface area contributed by atoms with Gasteiger partial charge in [0.2, 0.25) is 5.91 Å². The van der Waals surface area contributed by atoms with Gasteiger partial charge in [0.25, 0.3) is 0 Å². The Kier molecular flexibility index (Phi) is 5.25. The number of nitrogens with one attached hydrogen (secondary N) is 1. The average Bonchev–Trinajstić information content (AvgIpc) is 2.85. The van der Waals surface area contributed by atoms with Crippen LogP contribution in [-0.2, 0) is 11.8 Å². The Hall–Kier alpha value is -1.53. The zero-order valence-corrected chi connectivity index (χ0v) is 13.2. The lowest BCUT2D eigenvalue weighted by Gasteiger charge is -2.14. The van der Waals surface area contributed by atoms with E-state index < -0.39 is 5.82 Å². The number of hydrogen-bond donors (Lipinski definition) is 1. The molecule has 0 saturated heterocycles. The average molecular weight is 328 g/mol. The molecule has 1 aromatic carbocycles. The van der Waals surface area contributed by atoms with Crippen molar-refractivity contribution in [1.82, 2.24) is 9.55 Å². The lowest BCUT2D eigenvalue weighted by molar-refractivity contribution is -0.115. The number of carbonyl (C=O) groups excluding carboxylic acids is 1. The number of thioether (sulfide) groups is 1. The number of aryl methyl sites for hydroxylation is 1. The molecule has 1 aromatic heterocycles. The first-order valence-electron chi connectivity index (χ1n) is 6.41. The first kappa shape index (κ1) is 15.9. The molecule has 1 heterocycles. The van der Waals surface area contributed by atoms with Crippen molar-refractivity contribution in [1.29, 1.82) is 0 Å². The number of rotatable bonds is 5. The van der Waals surface area contributed by atoms with E-state index in [1.807, 2.05) is 24.7 Å². The molecule has 0 spiro atoms. The number of halogens is 2. The van der Waals surface area contributed by atoms with Crippen molar-refractivity contribution in [3.8, 4) is 0 Å². The molecular formula is C14H15ClFN3OS. The van der Waals surface area contributed by atoms with Crippen molar-refractivity contribution in [2.75, 3.05) is 5.32 Å². The highest BCUT2D eigenvalue weighted by molar-refractivity contribution is 8.00. The van der Waals surface area contributed by atoms with Crippen LogP contribution in [0.2, 0.25) is 5.02 Å². The predicted molar refractivity (Wildman–Crippen MR) is 83.2 cm³/mol. The molecule has 2 aromatic rings. The number of amides is 1. The first-order chi connectivity index (χ1) is 10.0. The normalized spacial score (nSPS) is 12.2. The molecule has 0 bridgehead atoms. The van der Waals surface area contributed by atoms with Crippen molar-refractivity contribution >= 4 is 35.0 Å². The minimum absolute atomic E-state index is 0.0161. The summed E-state index contributed by atoms with van der Waals surface area (Å²) in [7, 11) is 1.87. The Morgan fingerprint density at radius 2 is 2.33 bits per heavy atom. The highest BCUT2D eigenvalue weighted by atomic mass is 35.5. The van der Waals surface area contributed by atoms with Crippen molar-refractivity contribution in [3.05, 3.63) is 41.4 Å². The maximum Gasteiger partial charge on any atom is 0.237 e. The zero-order valence-electron chi connectivity index (χ0n) is 11.6. The third kappa shape index (κ3) is 3.98. The molecule has 1 amide bonds. The number of hydrogen-bond acceptors (Lipinski definition) is 3. The van der Waals surface area contributed by atoms with Gasteiger partial charge in [-0.2, -0.15) is 0 Å². The van der Waals surface area contributed by atoms with Crippen LogP contribution in [0.15, 0.2) is 35.7 Å². The van der Waals surface area contributed by atoms with Gasteiger partial charge in [-0.15, -0.1) is 0 Å². The molecule has 1 atom stereocenters. The summed E-state index contributed by atoms with van der Waals surface area (Å²) < 4.78 is 15.0. The Morgan fingerprint density at radius 3 is 2.90 bits per heavy atom. The molecular weight excluding hydrogens is 313 g/mol. The number of aromatic nitrogens is 2. The molecule has 1 N–H and O–H groups in total. The van der Waals surface area contributed by atoms with Crippen LogP contribution in [0.5, 0.6) is 0 Å². The lowest BCUT2D eigenvalue weighted by atomic mass is 10.2. The van der Waals surface area contributed by atoms with Crippen molar-refractivity contribution in [2.45, 2.75) is 23.8 Å². The van der Waals surface area contributed by atoms with Crippen LogP contribution in [0.1, 0.15) is 13.3 Å². The van der Waals surface area contributed by atoms with Gasteiger partial charge in [-0.25, -0.2) is 9.37 Å². The van der Waals surface area contributed by atoms with Gasteiger partial charge in [-0.1, -0.05) is 30.3 Å². The standard InChI is InChI=1S/C14H15ClFN3OS/c1-3-12(21-14-17-6-7-19(14)2)13(20)18-9-4-5-11(16)10(15)8-9/h4-8,12H,3H2,1-2H3,(H,18,20). The van der Waals surface area contributed by atoms with Crippen LogP contribution in [0, 0.1) is 5.82 Å². The van der Waals surface area contributed by atoms with E-state index in [0.29, 0.717) is 12.1 Å². The Balaban J connectivity index is 2.06. The van der Waals surface area contributed by atoms with Crippen LogP contribution in [0.4, 0.5) is 10.1 Å². The van der Waals surface area contributed by atoms with Gasteiger partial charge in [-0.05, 0) is 24.6 Å². The van der Waals surface area contributed by atoms with E-state index in [9.17, 15) is 9.18 Å². The number of nitrogens with zero attached hydrogens (tertiary/aromatic N) is 2. The van der Waals surface area contributed by atoms with Crippen molar-refractivity contribution in [2.24, 2.45) is 7.05 Å². The number of anilines is 1. The smallest absolute Gasteiger partial charge is 0.237 e. The fraction of sp³-hybridized carbons (Fsp3) is 0.286. The summed E-state index contributed by atoms with van der Waals surface area (Å²) in [5, 5.41) is 3.22. The summed E-state index contributed by atoms with van der Waals surface area (Å²) >= 11 is 7.09. The molecule has 7 heteroatoms. The van der Waals surface area contributed by atoms with Crippen LogP contribution in [-0.4, -0.2) is 20.7 Å². The molecule has 4 nitrogen and oxygen atoms in total. The second-order valence-corrected chi connectivity index (χ2v) is 6.03. The molecule has 0 radical (unpaired) electrons. The highest BCUT2D eigenvalue weighted by Crippen LogP contribution is 2.25. The third-order valence-corrected chi connectivity index (χ3v) is 4.60.